The molecular weight excluding hydrogens is 581 g/mol. The second-order valence-corrected chi connectivity index (χ2v) is 12.8. The second kappa shape index (κ2) is 14.7. The van der Waals surface area contributed by atoms with Gasteiger partial charge in [-0.25, -0.2) is 8.42 Å². The van der Waals surface area contributed by atoms with Gasteiger partial charge in [-0.1, -0.05) is 85.1 Å². The fourth-order valence-electron chi connectivity index (χ4n) is 4.39. The van der Waals surface area contributed by atoms with Gasteiger partial charge in [0.2, 0.25) is 11.8 Å². The van der Waals surface area contributed by atoms with Crippen LogP contribution in [0.1, 0.15) is 44.7 Å². The largest absolute Gasteiger partial charge is 0.352 e. The maximum absolute atomic E-state index is 14.1. The third-order valence-electron chi connectivity index (χ3n) is 6.89. The summed E-state index contributed by atoms with van der Waals surface area (Å²) in [6.07, 6.45) is 1.59. The minimum atomic E-state index is -4.21. The van der Waals surface area contributed by atoms with Crippen LogP contribution in [-0.4, -0.2) is 50.3 Å². The van der Waals surface area contributed by atoms with E-state index in [0.717, 1.165) is 21.9 Å². The molecule has 7 nitrogen and oxygen atoms in total. The minimum Gasteiger partial charge on any atom is -0.352 e. The Kier molecular flexibility index (Phi) is 11.6. The van der Waals surface area contributed by atoms with Crippen molar-refractivity contribution in [2.24, 2.45) is 0 Å². The normalized spacial score (nSPS) is 12.8. The number of amides is 2. The van der Waals surface area contributed by atoms with Crippen LogP contribution >= 0.6 is 23.2 Å². The Morgan fingerprint density at radius 3 is 2.07 bits per heavy atom. The zero-order chi connectivity index (χ0) is 30.2. The predicted octanol–water partition coefficient (Wildman–Crippen LogP) is 6.26. The molecule has 0 fully saturated rings. The Morgan fingerprint density at radius 1 is 0.902 bits per heavy atom. The fraction of sp³-hybridized carbons (Fsp3) is 0.355. The van der Waals surface area contributed by atoms with E-state index in [1.54, 1.807) is 12.1 Å². The molecule has 3 rings (SSSR count). The summed E-state index contributed by atoms with van der Waals surface area (Å²) in [7, 11) is -4.21. The van der Waals surface area contributed by atoms with Crippen molar-refractivity contribution >= 4 is 50.7 Å². The first-order valence-electron chi connectivity index (χ1n) is 13.7. The van der Waals surface area contributed by atoms with Gasteiger partial charge in [0, 0.05) is 22.6 Å². The molecule has 10 heteroatoms. The van der Waals surface area contributed by atoms with E-state index in [-0.39, 0.29) is 39.1 Å². The van der Waals surface area contributed by atoms with Crippen LogP contribution in [0.3, 0.4) is 0 Å². The van der Waals surface area contributed by atoms with E-state index in [1.807, 2.05) is 58.0 Å². The summed E-state index contributed by atoms with van der Waals surface area (Å²) in [6.45, 7) is 7.24. The third-order valence-corrected chi connectivity index (χ3v) is 9.12. The van der Waals surface area contributed by atoms with Gasteiger partial charge in [-0.2, -0.15) is 0 Å². The van der Waals surface area contributed by atoms with Crippen LogP contribution in [-0.2, 0) is 26.0 Å². The molecule has 0 aliphatic rings. The van der Waals surface area contributed by atoms with Crippen molar-refractivity contribution in [2.75, 3.05) is 17.4 Å². The summed E-state index contributed by atoms with van der Waals surface area (Å²) in [5.74, 6) is -0.791. The Bertz CT molecular complexity index is 1410. The standard InChI is InChI=1S/C31H37Cl2N3O4S/c1-5-23(4)34-31(38)29(6-2)35(17-16-24-10-8-7-9-11-24)30(37)21-36(27-19-25(32)18-26(33)20-27)41(39,40)28-14-12-22(3)13-15-28/h7-15,18-20,23,29H,5-6,16-17,21H2,1-4H3,(H,34,38)/t23-,29-/m1/s1. The highest BCUT2D eigenvalue weighted by atomic mass is 35.5. The number of rotatable bonds is 13. The summed E-state index contributed by atoms with van der Waals surface area (Å²) < 4.78 is 28.9. The number of hydrogen-bond acceptors (Lipinski definition) is 4. The molecule has 220 valence electrons. The molecule has 1 N–H and O–H groups in total. The summed E-state index contributed by atoms with van der Waals surface area (Å²) in [6, 6.07) is 19.5. The van der Waals surface area contributed by atoms with E-state index in [0.29, 0.717) is 12.8 Å². The second-order valence-electron chi connectivity index (χ2n) is 10.0. The van der Waals surface area contributed by atoms with E-state index >= 15 is 0 Å². The van der Waals surface area contributed by atoms with Crippen LogP contribution in [0.15, 0.2) is 77.7 Å². The first kappa shape index (κ1) is 32.4. The molecule has 0 aromatic heterocycles. The average molecular weight is 619 g/mol. The van der Waals surface area contributed by atoms with Crippen LogP contribution in [0.2, 0.25) is 10.0 Å². The lowest BCUT2D eigenvalue weighted by atomic mass is 10.1. The lowest BCUT2D eigenvalue weighted by Gasteiger charge is -2.33. The summed E-state index contributed by atoms with van der Waals surface area (Å²) in [5.41, 5.74) is 2.03. The lowest BCUT2D eigenvalue weighted by Crippen LogP contribution is -2.54. The highest BCUT2D eigenvalue weighted by Crippen LogP contribution is 2.30. The van der Waals surface area contributed by atoms with Crippen molar-refractivity contribution in [2.45, 2.75) is 63.9 Å². The summed E-state index contributed by atoms with van der Waals surface area (Å²) in [4.78, 5) is 28.9. The Morgan fingerprint density at radius 2 is 1.51 bits per heavy atom. The van der Waals surface area contributed by atoms with Gasteiger partial charge in [0.05, 0.1) is 10.6 Å². The average Bonchev–Trinajstić information content (AvgIpc) is 2.93. The molecule has 0 radical (unpaired) electrons. The number of benzene rings is 3. The predicted molar refractivity (Wildman–Crippen MR) is 166 cm³/mol. The van der Waals surface area contributed by atoms with E-state index in [9.17, 15) is 18.0 Å². The van der Waals surface area contributed by atoms with Gasteiger partial charge in [0.25, 0.3) is 10.0 Å². The number of carbonyl (C=O) groups excluding carboxylic acids is 2. The van der Waals surface area contributed by atoms with E-state index in [1.165, 1.54) is 35.2 Å². The molecule has 2 amide bonds. The molecular formula is C31H37Cl2N3O4S. The maximum atomic E-state index is 14.1. The topological polar surface area (TPSA) is 86.8 Å². The van der Waals surface area contributed by atoms with E-state index in [2.05, 4.69) is 5.32 Å². The van der Waals surface area contributed by atoms with Crippen molar-refractivity contribution < 1.29 is 18.0 Å². The van der Waals surface area contributed by atoms with Crippen LogP contribution in [0.5, 0.6) is 0 Å². The van der Waals surface area contributed by atoms with Crippen LogP contribution in [0.25, 0.3) is 0 Å². The molecule has 0 saturated carbocycles. The van der Waals surface area contributed by atoms with Gasteiger partial charge in [-0.15, -0.1) is 0 Å². The van der Waals surface area contributed by atoms with Gasteiger partial charge >= 0.3 is 0 Å². The molecule has 0 spiro atoms. The van der Waals surface area contributed by atoms with Gasteiger partial charge in [0.1, 0.15) is 12.6 Å². The van der Waals surface area contributed by atoms with Crippen molar-refractivity contribution in [1.82, 2.24) is 10.2 Å². The molecule has 0 bridgehead atoms. The number of hydrogen-bond donors (Lipinski definition) is 1. The summed E-state index contributed by atoms with van der Waals surface area (Å²) >= 11 is 12.5. The SMILES string of the molecule is CC[C@@H](C)NC(=O)[C@@H](CC)N(CCc1ccccc1)C(=O)CN(c1cc(Cl)cc(Cl)c1)S(=O)(=O)c1ccc(C)cc1. The van der Waals surface area contributed by atoms with Gasteiger partial charge in [0.15, 0.2) is 0 Å². The number of nitrogens with zero attached hydrogens (tertiary/aromatic N) is 2. The lowest BCUT2D eigenvalue weighted by molar-refractivity contribution is -0.139. The van der Waals surface area contributed by atoms with E-state index in [4.69, 9.17) is 23.2 Å². The zero-order valence-electron chi connectivity index (χ0n) is 23.8. The van der Waals surface area contributed by atoms with Crippen LogP contribution in [0, 0.1) is 6.92 Å². The monoisotopic (exact) mass is 617 g/mol. The van der Waals surface area contributed by atoms with Crippen molar-refractivity contribution in [3.63, 3.8) is 0 Å². The zero-order valence-corrected chi connectivity index (χ0v) is 26.1. The molecule has 2 atom stereocenters. The maximum Gasteiger partial charge on any atom is 0.264 e. The number of sulfonamides is 1. The van der Waals surface area contributed by atoms with Crippen LogP contribution in [0.4, 0.5) is 5.69 Å². The minimum absolute atomic E-state index is 0.0180. The fourth-order valence-corrected chi connectivity index (χ4v) is 6.30. The van der Waals surface area contributed by atoms with Crippen LogP contribution < -0.4 is 9.62 Å². The molecule has 3 aromatic carbocycles. The number of aryl methyl sites for hydroxylation is 1. The van der Waals surface area contributed by atoms with Crippen molar-refractivity contribution in [3.8, 4) is 0 Å². The van der Waals surface area contributed by atoms with E-state index < -0.39 is 28.5 Å². The first-order chi connectivity index (χ1) is 19.5. The third kappa shape index (κ3) is 8.71. The van der Waals surface area contributed by atoms with Crippen molar-refractivity contribution in [3.05, 3.63) is 94.0 Å². The summed E-state index contributed by atoms with van der Waals surface area (Å²) in [5, 5.41) is 3.43. The Labute approximate surface area is 253 Å². The number of anilines is 1. The van der Waals surface area contributed by atoms with Crippen molar-refractivity contribution in [1.29, 1.82) is 0 Å². The first-order valence-corrected chi connectivity index (χ1v) is 15.8. The molecule has 0 aliphatic heterocycles. The molecule has 0 heterocycles. The number of halogens is 2. The van der Waals surface area contributed by atoms with Gasteiger partial charge < -0.3 is 10.2 Å². The molecule has 0 unspecified atom stereocenters. The molecule has 0 aliphatic carbocycles. The highest BCUT2D eigenvalue weighted by molar-refractivity contribution is 7.92. The Hall–Kier alpha value is -3.07. The molecule has 41 heavy (non-hydrogen) atoms. The quantitative estimate of drug-likeness (QED) is 0.245. The van der Waals surface area contributed by atoms with Gasteiger partial charge in [-0.05, 0) is 69.0 Å². The van der Waals surface area contributed by atoms with Gasteiger partial charge in [-0.3, -0.25) is 13.9 Å². The Balaban J connectivity index is 2.04. The molecule has 3 aromatic rings. The highest BCUT2D eigenvalue weighted by Gasteiger charge is 2.34. The smallest absolute Gasteiger partial charge is 0.264 e. The molecule has 0 saturated heterocycles. The number of nitrogens with one attached hydrogen (secondary N) is 1. The number of carbonyl (C=O) groups is 2.